The summed E-state index contributed by atoms with van der Waals surface area (Å²) in [6.07, 6.45) is 0.394. The van der Waals surface area contributed by atoms with Crippen molar-refractivity contribution in [1.29, 1.82) is 0 Å². The van der Waals surface area contributed by atoms with Crippen molar-refractivity contribution in [2.45, 2.75) is 36.8 Å². The number of esters is 1. The van der Waals surface area contributed by atoms with E-state index in [9.17, 15) is 14.4 Å². The average molecular weight is 484 g/mol. The van der Waals surface area contributed by atoms with Gasteiger partial charge in [-0.3, -0.25) is 14.4 Å². The summed E-state index contributed by atoms with van der Waals surface area (Å²) in [4.78, 5) is 41.4. The molecule has 0 spiro atoms. The van der Waals surface area contributed by atoms with Gasteiger partial charge in [-0.25, -0.2) is 4.98 Å². The quantitative estimate of drug-likeness (QED) is 0.324. The highest BCUT2D eigenvalue weighted by Gasteiger charge is 2.17. The zero-order valence-corrected chi connectivity index (χ0v) is 20.0. The van der Waals surface area contributed by atoms with E-state index in [1.807, 2.05) is 61.5 Å². The minimum absolute atomic E-state index is 0.0821. The number of carbonyl (C=O) groups excluding carboxylic acids is 3. The van der Waals surface area contributed by atoms with E-state index in [4.69, 9.17) is 4.74 Å². The number of hydrogen-bond donors (Lipinski definition) is 2. The van der Waals surface area contributed by atoms with E-state index >= 15 is 0 Å². The van der Waals surface area contributed by atoms with E-state index in [-0.39, 0.29) is 29.5 Å². The van der Waals surface area contributed by atoms with Crippen molar-refractivity contribution in [3.05, 3.63) is 71.2 Å². The molecule has 0 bridgehead atoms. The fourth-order valence-corrected chi connectivity index (χ4v) is 4.45. The molecule has 0 aliphatic heterocycles. The SMILES string of the molecule is CCOC(=O)Cc1csc(NC(=O)C(C)Sc2ccc(NC(=O)Cc3ccccc3)cc2)n1. The van der Waals surface area contributed by atoms with Crippen LogP contribution in [0.15, 0.2) is 64.9 Å². The third-order valence-electron chi connectivity index (χ3n) is 4.44. The molecule has 33 heavy (non-hydrogen) atoms. The summed E-state index contributed by atoms with van der Waals surface area (Å²) in [5.74, 6) is -0.610. The molecule has 0 radical (unpaired) electrons. The van der Waals surface area contributed by atoms with Crippen molar-refractivity contribution in [3.63, 3.8) is 0 Å². The number of ether oxygens (including phenoxy) is 1. The zero-order valence-electron chi connectivity index (χ0n) is 18.4. The maximum atomic E-state index is 12.5. The molecule has 3 rings (SSSR count). The Balaban J connectivity index is 1.47. The van der Waals surface area contributed by atoms with Crippen LogP contribution < -0.4 is 10.6 Å². The Hall–Kier alpha value is -3.17. The van der Waals surface area contributed by atoms with Gasteiger partial charge in [-0.2, -0.15) is 0 Å². The first kappa shape index (κ1) is 24.5. The molecule has 0 saturated heterocycles. The van der Waals surface area contributed by atoms with Crippen molar-refractivity contribution in [1.82, 2.24) is 4.98 Å². The van der Waals surface area contributed by atoms with Crippen LogP contribution in [0.25, 0.3) is 0 Å². The number of thioether (sulfide) groups is 1. The summed E-state index contributed by atoms with van der Waals surface area (Å²) in [6.45, 7) is 3.88. The van der Waals surface area contributed by atoms with Gasteiger partial charge in [0.25, 0.3) is 0 Å². The van der Waals surface area contributed by atoms with E-state index in [0.29, 0.717) is 29.5 Å². The number of hydrogen-bond acceptors (Lipinski definition) is 7. The van der Waals surface area contributed by atoms with Gasteiger partial charge in [-0.05, 0) is 43.7 Å². The number of rotatable bonds is 10. The minimum Gasteiger partial charge on any atom is -0.466 e. The van der Waals surface area contributed by atoms with Crippen LogP contribution in [0.5, 0.6) is 0 Å². The first-order valence-corrected chi connectivity index (χ1v) is 12.2. The highest BCUT2D eigenvalue weighted by molar-refractivity contribution is 8.00. The number of aromatic nitrogens is 1. The van der Waals surface area contributed by atoms with Gasteiger partial charge in [0.1, 0.15) is 0 Å². The molecule has 2 amide bonds. The lowest BCUT2D eigenvalue weighted by molar-refractivity contribution is -0.142. The molecule has 9 heteroatoms. The zero-order chi connectivity index (χ0) is 23.6. The van der Waals surface area contributed by atoms with E-state index in [1.54, 1.807) is 12.3 Å². The Morgan fingerprint density at radius 3 is 2.45 bits per heavy atom. The number of nitrogens with zero attached hydrogens (tertiary/aromatic N) is 1. The van der Waals surface area contributed by atoms with Crippen molar-refractivity contribution in [3.8, 4) is 0 Å². The minimum atomic E-state index is -0.360. The number of anilines is 2. The molecule has 1 aromatic heterocycles. The summed E-state index contributed by atoms with van der Waals surface area (Å²) in [7, 11) is 0. The monoisotopic (exact) mass is 483 g/mol. The summed E-state index contributed by atoms with van der Waals surface area (Å²) < 4.78 is 4.91. The third kappa shape index (κ3) is 8.03. The Morgan fingerprint density at radius 1 is 1.03 bits per heavy atom. The van der Waals surface area contributed by atoms with Gasteiger partial charge >= 0.3 is 5.97 Å². The predicted molar refractivity (Wildman–Crippen MR) is 132 cm³/mol. The Bertz CT molecular complexity index is 1080. The number of carbonyl (C=O) groups is 3. The van der Waals surface area contributed by atoms with Gasteiger partial charge in [-0.1, -0.05) is 30.3 Å². The van der Waals surface area contributed by atoms with E-state index in [0.717, 1.165) is 10.5 Å². The van der Waals surface area contributed by atoms with Crippen LogP contribution in [0.2, 0.25) is 0 Å². The maximum Gasteiger partial charge on any atom is 0.311 e. The number of benzene rings is 2. The normalized spacial score (nSPS) is 11.5. The van der Waals surface area contributed by atoms with Crippen molar-refractivity contribution in [2.24, 2.45) is 0 Å². The van der Waals surface area contributed by atoms with Crippen LogP contribution in [0.3, 0.4) is 0 Å². The van der Waals surface area contributed by atoms with Crippen LogP contribution in [-0.2, 0) is 32.0 Å². The largest absolute Gasteiger partial charge is 0.466 e. The first-order chi connectivity index (χ1) is 15.9. The molecule has 172 valence electrons. The smallest absolute Gasteiger partial charge is 0.311 e. The Morgan fingerprint density at radius 2 is 1.76 bits per heavy atom. The lowest BCUT2D eigenvalue weighted by atomic mass is 10.1. The number of nitrogens with one attached hydrogen (secondary N) is 2. The highest BCUT2D eigenvalue weighted by Crippen LogP contribution is 2.26. The summed E-state index contributed by atoms with van der Waals surface area (Å²) in [6, 6.07) is 16.9. The predicted octanol–water partition coefficient (Wildman–Crippen LogP) is 4.55. The molecule has 2 aromatic carbocycles. The fourth-order valence-electron chi connectivity index (χ4n) is 2.87. The molecule has 0 aliphatic carbocycles. The highest BCUT2D eigenvalue weighted by atomic mass is 32.2. The summed E-state index contributed by atoms with van der Waals surface area (Å²) in [5, 5.41) is 7.49. The van der Waals surface area contributed by atoms with Gasteiger partial charge in [0.15, 0.2) is 5.13 Å². The molecule has 0 fully saturated rings. The van der Waals surface area contributed by atoms with E-state index < -0.39 is 0 Å². The molecule has 7 nitrogen and oxygen atoms in total. The molecular formula is C24H25N3O4S2. The molecule has 1 atom stereocenters. The van der Waals surface area contributed by atoms with Crippen molar-refractivity contribution in [2.75, 3.05) is 17.2 Å². The van der Waals surface area contributed by atoms with Crippen LogP contribution in [0, 0.1) is 0 Å². The van der Waals surface area contributed by atoms with Gasteiger partial charge in [-0.15, -0.1) is 23.1 Å². The average Bonchev–Trinajstić information content (AvgIpc) is 3.22. The second-order valence-electron chi connectivity index (χ2n) is 7.11. The third-order valence-corrected chi connectivity index (χ3v) is 6.36. The van der Waals surface area contributed by atoms with Gasteiger partial charge < -0.3 is 15.4 Å². The summed E-state index contributed by atoms with van der Waals surface area (Å²) >= 11 is 2.67. The van der Waals surface area contributed by atoms with E-state index in [1.165, 1.54) is 23.1 Å². The number of amides is 2. The van der Waals surface area contributed by atoms with Crippen molar-refractivity contribution < 1.29 is 19.1 Å². The molecular weight excluding hydrogens is 458 g/mol. The van der Waals surface area contributed by atoms with Crippen LogP contribution in [0.1, 0.15) is 25.1 Å². The van der Waals surface area contributed by atoms with Crippen LogP contribution in [0.4, 0.5) is 10.8 Å². The van der Waals surface area contributed by atoms with Gasteiger partial charge in [0.2, 0.25) is 11.8 Å². The first-order valence-electron chi connectivity index (χ1n) is 10.4. The Labute approximate surface area is 201 Å². The maximum absolute atomic E-state index is 12.5. The summed E-state index contributed by atoms with van der Waals surface area (Å²) in [5.41, 5.74) is 2.23. The molecule has 0 aliphatic rings. The Kier molecular flexibility index (Phi) is 9.03. The van der Waals surface area contributed by atoms with Gasteiger partial charge in [0.05, 0.1) is 30.4 Å². The van der Waals surface area contributed by atoms with Crippen LogP contribution >= 0.6 is 23.1 Å². The van der Waals surface area contributed by atoms with Crippen molar-refractivity contribution >= 4 is 51.7 Å². The molecule has 1 heterocycles. The molecule has 3 aromatic rings. The number of thiazole rings is 1. The molecule has 0 saturated carbocycles. The topological polar surface area (TPSA) is 97.4 Å². The lowest BCUT2D eigenvalue weighted by Crippen LogP contribution is -2.22. The fraction of sp³-hybridized carbons (Fsp3) is 0.250. The second-order valence-corrected chi connectivity index (χ2v) is 9.38. The van der Waals surface area contributed by atoms with E-state index in [2.05, 4.69) is 15.6 Å². The van der Waals surface area contributed by atoms with Crippen LogP contribution in [-0.4, -0.2) is 34.6 Å². The lowest BCUT2D eigenvalue weighted by Gasteiger charge is -2.11. The second kappa shape index (κ2) is 12.2. The van der Waals surface area contributed by atoms with Gasteiger partial charge in [0, 0.05) is 16.0 Å². The standard InChI is InChI=1S/C24H25N3O4S2/c1-3-31-22(29)14-19-15-32-24(26-19)27-23(30)16(2)33-20-11-9-18(10-12-20)25-21(28)13-17-7-5-4-6-8-17/h4-12,15-16H,3,13-14H2,1-2H3,(H,25,28)(H,26,27,30). The molecule has 1 unspecified atom stereocenters. The molecule has 2 N–H and O–H groups in total.